The molecule has 6 nitrogen and oxygen atoms in total. The Morgan fingerprint density at radius 3 is 2.83 bits per heavy atom. The second-order valence-corrected chi connectivity index (χ2v) is 6.11. The highest BCUT2D eigenvalue weighted by atomic mass is 19.4. The van der Waals surface area contributed by atoms with Crippen molar-refractivity contribution in [3.05, 3.63) is 23.1 Å². The SMILES string of the molecule is C[C@H]1Cc2nn(CCC#N)cc2-c2onc([C@@](C)(O)C(F)(F)F)c21. The van der Waals surface area contributed by atoms with Gasteiger partial charge in [0.05, 0.1) is 30.3 Å². The molecule has 2 aromatic rings. The van der Waals surface area contributed by atoms with Crippen molar-refractivity contribution in [3.8, 4) is 17.4 Å². The molecule has 2 atom stereocenters. The van der Waals surface area contributed by atoms with E-state index in [1.807, 2.05) is 6.07 Å². The van der Waals surface area contributed by atoms with E-state index in [0.29, 0.717) is 31.1 Å². The van der Waals surface area contributed by atoms with E-state index in [1.54, 1.807) is 17.8 Å². The van der Waals surface area contributed by atoms with Crippen LogP contribution in [0.3, 0.4) is 0 Å². The maximum absolute atomic E-state index is 13.2. The minimum Gasteiger partial charge on any atom is -0.375 e. The molecule has 1 aliphatic carbocycles. The zero-order valence-electron chi connectivity index (χ0n) is 13.1. The van der Waals surface area contributed by atoms with Crippen molar-refractivity contribution in [1.82, 2.24) is 14.9 Å². The fourth-order valence-corrected chi connectivity index (χ4v) is 2.91. The summed E-state index contributed by atoms with van der Waals surface area (Å²) in [5.41, 5.74) is -2.11. The van der Waals surface area contributed by atoms with E-state index < -0.39 is 17.5 Å². The first-order chi connectivity index (χ1) is 11.2. The molecule has 0 bridgehead atoms. The second-order valence-electron chi connectivity index (χ2n) is 6.11. The molecule has 9 heteroatoms. The van der Waals surface area contributed by atoms with Crippen LogP contribution in [0, 0.1) is 11.3 Å². The number of alkyl halides is 3. The van der Waals surface area contributed by atoms with Gasteiger partial charge in [-0.15, -0.1) is 0 Å². The van der Waals surface area contributed by atoms with Crippen molar-refractivity contribution >= 4 is 0 Å². The zero-order chi connectivity index (χ0) is 17.7. The monoisotopic (exact) mass is 340 g/mol. The summed E-state index contributed by atoms with van der Waals surface area (Å²) in [6, 6.07) is 2.01. The maximum atomic E-state index is 13.2. The molecule has 0 amide bonds. The van der Waals surface area contributed by atoms with E-state index >= 15 is 0 Å². The number of fused-ring (bicyclic) bond motifs is 3. The van der Waals surface area contributed by atoms with Crippen LogP contribution in [0.15, 0.2) is 10.7 Å². The predicted molar refractivity (Wildman–Crippen MR) is 75.7 cm³/mol. The van der Waals surface area contributed by atoms with Crippen molar-refractivity contribution in [2.75, 3.05) is 0 Å². The van der Waals surface area contributed by atoms with Crippen LogP contribution in [0.25, 0.3) is 11.3 Å². The number of hydrogen-bond acceptors (Lipinski definition) is 5. The van der Waals surface area contributed by atoms with E-state index in [0.717, 1.165) is 0 Å². The van der Waals surface area contributed by atoms with Gasteiger partial charge in [-0.3, -0.25) is 4.68 Å². The molecule has 3 rings (SSSR count). The van der Waals surface area contributed by atoms with Crippen LogP contribution in [-0.2, 0) is 18.6 Å². The highest BCUT2D eigenvalue weighted by molar-refractivity contribution is 5.68. The Morgan fingerprint density at radius 2 is 2.21 bits per heavy atom. The Labute approximate surface area is 135 Å². The zero-order valence-corrected chi connectivity index (χ0v) is 13.1. The van der Waals surface area contributed by atoms with Crippen LogP contribution in [0.1, 0.15) is 43.1 Å². The van der Waals surface area contributed by atoms with Crippen molar-refractivity contribution in [2.45, 2.75) is 50.9 Å². The molecule has 2 heterocycles. The minimum atomic E-state index is -4.87. The predicted octanol–water partition coefficient (Wildman–Crippen LogP) is 2.88. The molecule has 0 spiro atoms. The molecule has 0 saturated carbocycles. The van der Waals surface area contributed by atoms with Gasteiger partial charge < -0.3 is 9.63 Å². The van der Waals surface area contributed by atoms with Crippen LogP contribution in [0.2, 0.25) is 0 Å². The van der Waals surface area contributed by atoms with E-state index in [1.165, 1.54) is 0 Å². The van der Waals surface area contributed by atoms with E-state index in [4.69, 9.17) is 9.78 Å². The average molecular weight is 340 g/mol. The molecule has 128 valence electrons. The molecule has 2 aromatic heterocycles. The first-order valence-corrected chi connectivity index (χ1v) is 7.39. The third-order valence-corrected chi connectivity index (χ3v) is 4.27. The second kappa shape index (κ2) is 5.34. The molecular formula is C15H15F3N4O2. The van der Waals surface area contributed by atoms with Crippen LogP contribution < -0.4 is 0 Å². The van der Waals surface area contributed by atoms with Crippen LogP contribution in [0.4, 0.5) is 13.2 Å². The third-order valence-electron chi connectivity index (χ3n) is 4.27. The lowest BCUT2D eigenvalue weighted by Crippen LogP contribution is -2.40. The van der Waals surface area contributed by atoms with Crippen molar-refractivity contribution < 1.29 is 22.8 Å². The maximum Gasteiger partial charge on any atom is 0.422 e. The van der Waals surface area contributed by atoms with Gasteiger partial charge in [-0.2, -0.15) is 23.5 Å². The van der Waals surface area contributed by atoms with Crippen molar-refractivity contribution in [1.29, 1.82) is 5.26 Å². The topological polar surface area (TPSA) is 87.9 Å². The molecule has 1 aliphatic rings. The fraction of sp³-hybridized carbons (Fsp3) is 0.533. The number of halogens is 3. The van der Waals surface area contributed by atoms with Gasteiger partial charge in [0.2, 0.25) is 5.60 Å². The molecular weight excluding hydrogens is 325 g/mol. The quantitative estimate of drug-likeness (QED) is 0.928. The summed E-state index contributed by atoms with van der Waals surface area (Å²) < 4.78 is 46.2. The molecule has 0 aromatic carbocycles. The van der Waals surface area contributed by atoms with Gasteiger partial charge in [0.25, 0.3) is 0 Å². The normalized spacial score (nSPS) is 19.3. The lowest BCUT2D eigenvalue weighted by atomic mass is 9.82. The Balaban J connectivity index is 2.09. The first-order valence-electron chi connectivity index (χ1n) is 7.39. The Morgan fingerprint density at radius 1 is 1.50 bits per heavy atom. The van der Waals surface area contributed by atoms with E-state index in [-0.39, 0.29) is 23.7 Å². The molecule has 0 fully saturated rings. The van der Waals surface area contributed by atoms with Gasteiger partial charge >= 0.3 is 6.18 Å². The number of aryl methyl sites for hydroxylation is 1. The molecule has 0 aliphatic heterocycles. The Kier molecular flexibility index (Phi) is 3.68. The smallest absolute Gasteiger partial charge is 0.375 e. The van der Waals surface area contributed by atoms with Gasteiger partial charge in [0.15, 0.2) is 5.76 Å². The molecule has 0 radical (unpaired) electrons. The summed E-state index contributed by atoms with van der Waals surface area (Å²) >= 11 is 0. The van der Waals surface area contributed by atoms with Crippen LogP contribution in [0.5, 0.6) is 0 Å². The summed E-state index contributed by atoms with van der Waals surface area (Å²) in [6.45, 7) is 2.79. The number of nitrogens with zero attached hydrogens (tertiary/aromatic N) is 4. The van der Waals surface area contributed by atoms with E-state index in [2.05, 4.69) is 10.3 Å². The van der Waals surface area contributed by atoms with Crippen LogP contribution >= 0.6 is 0 Å². The number of aliphatic hydroxyl groups is 1. The molecule has 0 saturated heterocycles. The van der Waals surface area contributed by atoms with Gasteiger partial charge in [0, 0.05) is 11.8 Å². The summed E-state index contributed by atoms with van der Waals surface area (Å²) in [7, 11) is 0. The molecule has 1 N–H and O–H groups in total. The van der Waals surface area contributed by atoms with Crippen molar-refractivity contribution in [2.24, 2.45) is 0 Å². The highest BCUT2D eigenvalue weighted by Crippen LogP contribution is 2.47. The lowest BCUT2D eigenvalue weighted by molar-refractivity contribution is -0.261. The first kappa shape index (κ1) is 16.5. The van der Waals surface area contributed by atoms with Gasteiger partial charge in [-0.05, 0) is 19.3 Å². The van der Waals surface area contributed by atoms with Crippen molar-refractivity contribution in [3.63, 3.8) is 0 Å². The minimum absolute atomic E-state index is 0.200. The largest absolute Gasteiger partial charge is 0.422 e. The fourth-order valence-electron chi connectivity index (χ4n) is 2.91. The Hall–Kier alpha value is -2.34. The van der Waals surface area contributed by atoms with E-state index in [9.17, 15) is 18.3 Å². The lowest BCUT2D eigenvalue weighted by Gasteiger charge is -2.27. The van der Waals surface area contributed by atoms with Crippen LogP contribution in [-0.4, -0.2) is 26.2 Å². The molecule has 24 heavy (non-hydrogen) atoms. The molecule has 0 unspecified atom stereocenters. The number of rotatable bonds is 3. The summed E-state index contributed by atoms with van der Waals surface area (Å²) in [5, 5.41) is 26.5. The van der Waals surface area contributed by atoms with Gasteiger partial charge in [0.1, 0.15) is 5.69 Å². The standard InChI is InChI=1S/C15H15F3N4O2/c1-8-6-10-9(7-22(20-10)5-3-4-19)12-11(8)13(21-24-12)14(2,23)15(16,17)18/h7-8,23H,3,5-6H2,1-2H3/t8-,14+/m0/s1. The third kappa shape index (κ3) is 2.38. The number of aromatic nitrogens is 3. The highest BCUT2D eigenvalue weighted by Gasteiger charge is 2.55. The van der Waals surface area contributed by atoms with Gasteiger partial charge in [-0.25, -0.2) is 0 Å². The number of hydrogen-bond donors (Lipinski definition) is 1. The Bertz CT molecular complexity index is 814. The summed E-state index contributed by atoms with van der Waals surface area (Å²) in [5.74, 6) is -0.131. The summed E-state index contributed by atoms with van der Waals surface area (Å²) in [4.78, 5) is 0. The number of nitriles is 1. The average Bonchev–Trinajstić information content (AvgIpc) is 3.07. The summed E-state index contributed by atoms with van der Waals surface area (Å²) in [6.07, 6.45) is -2.55. The van der Waals surface area contributed by atoms with Gasteiger partial charge in [-0.1, -0.05) is 12.1 Å².